The summed E-state index contributed by atoms with van der Waals surface area (Å²) in [6.45, 7) is 5.79. The molecule has 0 saturated heterocycles. The molecule has 0 amide bonds. The number of carboxylic acids is 2. The molecule has 0 aromatic heterocycles. The van der Waals surface area contributed by atoms with Crippen LogP contribution in [0.15, 0.2) is 36.4 Å². The Morgan fingerprint density at radius 3 is 1.73 bits per heavy atom. The lowest BCUT2D eigenvalue weighted by Gasteiger charge is -2.33. The Morgan fingerprint density at radius 2 is 1.24 bits per heavy atom. The van der Waals surface area contributed by atoms with Crippen LogP contribution in [0.25, 0.3) is 0 Å². The highest BCUT2D eigenvalue weighted by Gasteiger charge is 2.46. The molecule has 6 rings (SSSR count). The SMILES string of the molecule is CCCCC[C@H](O)CC[C@@H]1[C@H]2Cc3cccc(CCC(=O)[O-])c3C[C@H]2C[C@H]1O.CCCCC[C@H](O)CC[C@@H]1[C@H]2Cc3cccc(OCC(=O)O)c3C[C@H]2C[C@H]1O.OCC[NH2+]CCO. The summed E-state index contributed by atoms with van der Waals surface area (Å²) in [5.41, 5.74) is 6.07. The van der Waals surface area contributed by atoms with Gasteiger partial charge in [-0.25, -0.2) is 4.79 Å². The van der Waals surface area contributed by atoms with Crippen molar-refractivity contribution in [3.63, 3.8) is 0 Å². The van der Waals surface area contributed by atoms with Gasteiger partial charge in [-0.1, -0.05) is 82.7 Å². The Bertz CT molecular complexity index is 1520. The maximum atomic E-state index is 10.9. The smallest absolute Gasteiger partial charge is 0.341 e. The third kappa shape index (κ3) is 16.7. The van der Waals surface area contributed by atoms with E-state index in [-0.39, 0.29) is 62.5 Å². The summed E-state index contributed by atoms with van der Waals surface area (Å²) in [6, 6.07) is 12.1. The highest BCUT2D eigenvalue weighted by Crippen LogP contribution is 2.49. The van der Waals surface area contributed by atoms with Crippen LogP contribution in [0, 0.1) is 35.5 Å². The van der Waals surface area contributed by atoms with Crippen LogP contribution in [0.1, 0.15) is 138 Å². The number of carbonyl (C=O) groups excluding carboxylic acids is 1. The summed E-state index contributed by atoms with van der Waals surface area (Å²) in [4.78, 5) is 21.7. The highest BCUT2D eigenvalue weighted by molar-refractivity contribution is 5.68. The molecule has 10 atom stereocenters. The van der Waals surface area contributed by atoms with Crippen LogP contribution in [0.2, 0.25) is 0 Å². The van der Waals surface area contributed by atoms with E-state index in [1.807, 2.05) is 29.6 Å². The number of fused-ring (bicyclic) bond motifs is 4. The number of quaternary nitrogens is 1. The molecular formula is C51H81NO11. The third-order valence-electron chi connectivity index (χ3n) is 14.4. The number of unbranched alkanes of at least 4 members (excludes halogenated alkanes) is 4. The molecule has 0 aliphatic heterocycles. The number of benzene rings is 2. The van der Waals surface area contributed by atoms with Crippen molar-refractivity contribution in [3.05, 3.63) is 64.2 Å². The number of carbonyl (C=O) groups is 2. The van der Waals surface area contributed by atoms with Crippen molar-refractivity contribution < 1.29 is 60.5 Å². The van der Waals surface area contributed by atoms with Gasteiger partial charge >= 0.3 is 5.97 Å². The fourth-order valence-electron chi connectivity index (χ4n) is 11.1. The topological polar surface area (TPSA) is 225 Å². The van der Waals surface area contributed by atoms with Gasteiger partial charge in [0.15, 0.2) is 6.61 Å². The number of hydrogen-bond donors (Lipinski definition) is 8. The van der Waals surface area contributed by atoms with E-state index in [9.17, 15) is 35.1 Å². The highest BCUT2D eigenvalue weighted by atomic mass is 16.5. The van der Waals surface area contributed by atoms with Gasteiger partial charge in [0.05, 0.1) is 50.7 Å². The number of rotatable bonds is 24. The first-order chi connectivity index (χ1) is 30.4. The third-order valence-corrected chi connectivity index (χ3v) is 14.4. The van der Waals surface area contributed by atoms with Gasteiger partial charge in [0.25, 0.3) is 0 Å². The Morgan fingerprint density at radius 1 is 0.730 bits per heavy atom. The fourth-order valence-corrected chi connectivity index (χ4v) is 11.1. The van der Waals surface area contributed by atoms with Crippen LogP contribution in [0.4, 0.5) is 0 Å². The van der Waals surface area contributed by atoms with Gasteiger partial charge in [-0.15, -0.1) is 0 Å². The number of aliphatic hydroxyl groups excluding tert-OH is 6. The summed E-state index contributed by atoms with van der Waals surface area (Å²) in [7, 11) is 0. The second-order valence-electron chi connectivity index (χ2n) is 18.9. The zero-order valence-electron chi connectivity index (χ0n) is 38.3. The summed E-state index contributed by atoms with van der Waals surface area (Å²) < 4.78 is 5.50. The standard InChI is InChI=1S/C24H36O4.C23H34O5.C4H11NO2/c1-2-3-4-8-19(25)10-11-20-22-13-17-7-5-6-16(9-12-24(27)28)21(17)14-18(22)15-23(20)26;1-2-3-4-7-17(24)9-10-18-19-11-15-6-5-8-22(28-14-23(26)27)20(15)12-16(19)13-21(18)25;6-3-1-5-2-4-7/h5-7,18-20,22-23,25-26H,2-4,8-15H2,1H3,(H,27,28);5-6,8,16-19,21,24-25H,2-4,7,9-14H2,1H3,(H,26,27);5-7H,1-4H2/t18-,19-,20+,22-,23+;16-,17-,18+,19-,21+;/m00./s1. The number of hydrogen-bond acceptors (Lipinski definition) is 10. The summed E-state index contributed by atoms with van der Waals surface area (Å²) in [5, 5.41) is 79.9. The lowest BCUT2D eigenvalue weighted by molar-refractivity contribution is -0.657. The lowest BCUT2D eigenvalue weighted by atomic mass is 9.72. The minimum absolute atomic E-state index is 0.0612. The molecule has 12 heteroatoms. The van der Waals surface area contributed by atoms with E-state index < -0.39 is 11.9 Å². The van der Waals surface area contributed by atoms with Crippen LogP contribution >= 0.6 is 0 Å². The Kier molecular flexibility index (Phi) is 23.4. The van der Waals surface area contributed by atoms with Gasteiger partial charge in [0, 0.05) is 5.97 Å². The number of aryl methyl sites for hydroxylation is 1. The number of ether oxygens (including phenoxy) is 1. The molecule has 4 aliphatic rings. The number of carboxylic acid groups (broad SMARTS) is 2. The molecular weight excluding hydrogens is 803 g/mol. The van der Waals surface area contributed by atoms with Crippen molar-refractivity contribution >= 4 is 11.9 Å². The predicted octanol–water partition coefficient (Wildman–Crippen LogP) is 3.92. The number of aliphatic carboxylic acids is 2. The number of aliphatic hydroxyl groups is 6. The van der Waals surface area contributed by atoms with Gasteiger partial charge in [-0.2, -0.15) is 0 Å². The van der Waals surface area contributed by atoms with Crippen LogP contribution in [0.5, 0.6) is 5.75 Å². The Labute approximate surface area is 376 Å². The molecule has 0 spiro atoms. The molecule has 12 nitrogen and oxygen atoms in total. The van der Waals surface area contributed by atoms with E-state index in [2.05, 4.69) is 26.0 Å². The summed E-state index contributed by atoms with van der Waals surface area (Å²) >= 11 is 0. The first-order valence-electron chi connectivity index (χ1n) is 24.4. The first kappa shape index (κ1) is 52.5. The van der Waals surface area contributed by atoms with Crippen LogP contribution < -0.4 is 15.2 Å². The van der Waals surface area contributed by atoms with Gasteiger partial charge < -0.3 is 55.7 Å². The number of nitrogens with two attached hydrogens (primary N) is 1. The molecule has 0 heterocycles. The van der Waals surface area contributed by atoms with Gasteiger partial charge in [0.2, 0.25) is 0 Å². The van der Waals surface area contributed by atoms with Crippen molar-refractivity contribution in [1.82, 2.24) is 0 Å². The van der Waals surface area contributed by atoms with Crippen LogP contribution in [-0.4, -0.2) is 105 Å². The largest absolute Gasteiger partial charge is 0.550 e. The minimum atomic E-state index is -1.000. The van der Waals surface area contributed by atoms with Crippen molar-refractivity contribution in [2.45, 2.75) is 167 Å². The zero-order valence-corrected chi connectivity index (χ0v) is 38.3. The van der Waals surface area contributed by atoms with Gasteiger partial charge in [-0.05, 0) is 159 Å². The molecule has 9 N–H and O–H groups in total. The van der Waals surface area contributed by atoms with Crippen molar-refractivity contribution in [1.29, 1.82) is 0 Å². The second kappa shape index (κ2) is 28.1. The van der Waals surface area contributed by atoms with Gasteiger partial charge in [-0.3, -0.25) is 0 Å². The average Bonchev–Trinajstić information content (AvgIpc) is 3.74. The van der Waals surface area contributed by atoms with Crippen molar-refractivity contribution in [2.24, 2.45) is 35.5 Å². The predicted molar refractivity (Wildman–Crippen MR) is 241 cm³/mol. The fraction of sp³-hybridized carbons (Fsp3) is 0.725. The van der Waals surface area contributed by atoms with E-state index in [0.717, 1.165) is 114 Å². The molecule has 2 saturated carbocycles. The first-order valence-corrected chi connectivity index (χ1v) is 24.4. The molecule has 0 unspecified atom stereocenters. The quantitative estimate of drug-likeness (QED) is 0.0706. The Hall–Kier alpha value is -3.10. The minimum Gasteiger partial charge on any atom is -0.550 e. The van der Waals surface area contributed by atoms with E-state index >= 15 is 0 Å². The summed E-state index contributed by atoms with van der Waals surface area (Å²) in [5.74, 6) is 0.978. The Balaban J connectivity index is 0.000000240. The van der Waals surface area contributed by atoms with Crippen LogP contribution in [0.3, 0.4) is 0 Å². The molecule has 2 aromatic carbocycles. The van der Waals surface area contributed by atoms with Crippen molar-refractivity contribution in [3.8, 4) is 5.75 Å². The molecule has 356 valence electrons. The lowest BCUT2D eigenvalue weighted by Crippen LogP contribution is -2.85. The van der Waals surface area contributed by atoms with E-state index in [1.165, 1.54) is 29.5 Å². The molecule has 0 radical (unpaired) electrons. The summed E-state index contributed by atoms with van der Waals surface area (Å²) in [6.07, 6.45) is 16.6. The maximum Gasteiger partial charge on any atom is 0.341 e. The van der Waals surface area contributed by atoms with E-state index in [1.54, 1.807) is 0 Å². The van der Waals surface area contributed by atoms with E-state index in [0.29, 0.717) is 48.9 Å². The van der Waals surface area contributed by atoms with Crippen molar-refractivity contribution in [2.75, 3.05) is 32.9 Å². The second-order valence-corrected chi connectivity index (χ2v) is 18.9. The van der Waals surface area contributed by atoms with E-state index in [4.69, 9.17) is 20.1 Å². The normalized spacial score (nSPS) is 25.2. The average molecular weight is 884 g/mol. The molecule has 63 heavy (non-hydrogen) atoms. The molecule has 2 aromatic rings. The molecule has 0 bridgehead atoms. The van der Waals surface area contributed by atoms with Crippen LogP contribution in [-0.2, 0) is 41.7 Å². The monoisotopic (exact) mass is 884 g/mol. The molecule has 2 fully saturated rings. The maximum absolute atomic E-state index is 10.9. The van der Waals surface area contributed by atoms with Gasteiger partial charge in [0.1, 0.15) is 5.75 Å². The molecule has 4 aliphatic carbocycles. The zero-order chi connectivity index (χ0) is 45.7.